The Morgan fingerprint density at radius 1 is 0.385 bits per heavy atom. The molecular weight excluding hydrogens is 631 g/mol. The van der Waals surface area contributed by atoms with Crippen molar-refractivity contribution in [3.8, 4) is 33.4 Å². The molecule has 9 aromatic carbocycles. The van der Waals surface area contributed by atoms with E-state index in [4.69, 9.17) is 30.5 Å². The van der Waals surface area contributed by atoms with E-state index in [9.17, 15) is 8.22 Å². The second-order valence-corrected chi connectivity index (χ2v) is 11.4. The molecule has 2 nitrogen and oxygen atoms in total. The number of para-hydroxylation sites is 1. The van der Waals surface area contributed by atoms with E-state index in [1.165, 1.54) is 53.4 Å². The molecule has 1 heterocycles. The molecule has 10 aromatic rings. The van der Waals surface area contributed by atoms with Gasteiger partial charge in [-0.3, -0.25) is 0 Å². The van der Waals surface area contributed by atoms with Gasteiger partial charge in [0.05, 0.1) is 34.3 Å². The van der Waals surface area contributed by atoms with Gasteiger partial charge in [0.1, 0.15) is 11.2 Å². The summed E-state index contributed by atoms with van der Waals surface area (Å²) in [7, 11) is 0. The van der Waals surface area contributed by atoms with E-state index >= 15 is 0 Å². The minimum Gasteiger partial charge on any atom is -0.456 e. The summed E-state index contributed by atoms with van der Waals surface area (Å²) in [6, 6.07) is -5.81. The third kappa shape index (κ3) is 5.30. The van der Waals surface area contributed by atoms with Crippen molar-refractivity contribution in [2.75, 3.05) is 4.90 Å². The minimum atomic E-state index is -0.870. The highest BCUT2D eigenvalue weighted by Gasteiger charge is 2.16. The Bertz CT molecular complexity index is 4280. The van der Waals surface area contributed by atoms with Gasteiger partial charge in [0, 0.05) is 27.8 Å². The molecule has 0 unspecified atom stereocenters. The van der Waals surface area contributed by atoms with Crippen LogP contribution in [0.15, 0.2) is 204 Å². The van der Waals surface area contributed by atoms with Crippen LogP contribution in [0.25, 0.3) is 76.9 Å². The van der Waals surface area contributed by atoms with Crippen LogP contribution in [-0.4, -0.2) is 0 Å². The molecule has 1 aromatic heterocycles. The summed E-state index contributed by atoms with van der Waals surface area (Å²) in [5.74, 6) is 0. The number of nitrogens with zero attached hydrogens (tertiary/aromatic N) is 1. The zero-order valence-corrected chi connectivity index (χ0v) is 26.5. The predicted molar refractivity (Wildman–Crippen MR) is 220 cm³/mol. The van der Waals surface area contributed by atoms with Crippen LogP contribution in [-0.2, 0) is 0 Å². The van der Waals surface area contributed by atoms with Crippen molar-refractivity contribution in [1.29, 1.82) is 0 Å². The van der Waals surface area contributed by atoms with E-state index < -0.39 is 190 Å². The zero-order valence-electron chi connectivity index (χ0n) is 51.5. The molecule has 2 heteroatoms. The van der Waals surface area contributed by atoms with Crippen molar-refractivity contribution < 1.29 is 38.7 Å². The van der Waals surface area contributed by atoms with E-state index in [0.29, 0.717) is 0 Å². The van der Waals surface area contributed by atoms with Gasteiger partial charge < -0.3 is 9.32 Å². The largest absolute Gasteiger partial charge is 0.456 e. The fourth-order valence-corrected chi connectivity index (χ4v) is 5.93. The van der Waals surface area contributed by atoms with E-state index in [1.807, 2.05) is 0 Å². The topological polar surface area (TPSA) is 16.4 Å². The number of hydrogen-bond donors (Lipinski definition) is 0. The van der Waals surface area contributed by atoms with Gasteiger partial charge in [-0.1, -0.05) is 139 Å². The summed E-state index contributed by atoms with van der Waals surface area (Å²) < 4.78 is 226. The first kappa shape index (κ1) is 14.0. The summed E-state index contributed by atoms with van der Waals surface area (Å²) in [5, 5.41) is -2.09. The fraction of sp³-hybridized carbons (Fsp3) is 0. The lowest BCUT2D eigenvalue weighted by Gasteiger charge is -2.26. The van der Waals surface area contributed by atoms with Crippen molar-refractivity contribution >= 4 is 60.5 Å². The maximum absolute atomic E-state index is 9.63. The van der Waals surface area contributed by atoms with E-state index in [-0.39, 0.29) is 55.2 Å². The normalized spacial score (nSPS) is 18.2. The molecule has 52 heavy (non-hydrogen) atoms. The Morgan fingerprint density at radius 3 is 1.90 bits per heavy atom. The van der Waals surface area contributed by atoms with Crippen molar-refractivity contribution in [3.63, 3.8) is 0 Å². The number of furan rings is 1. The van der Waals surface area contributed by atoms with Crippen molar-refractivity contribution in [1.82, 2.24) is 0 Å². The molecule has 0 aliphatic rings. The van der Waals surface area contributed by atoms with Gasteiger partial charge in [-0.15, -0.1) is 0 Å². The molecule has 0 N–H and O–H groups in total. The summed E-state index contributed by atoms with van der Waals surface area (Å²) in [6.45, 7) is 0. The highest BCUT2D eigenvalue weighted by atomic mass is 16.3. The van der Waals surface area contributed by atoms with Gasteiger partial charge in [-0.05, 0) is 115 Å². The Kier molecular flexibility index (Phi) is 3.36. The number of hydrogen-bond acceptors (Lipinski definition) is 2. The summed E-state index contributed by atoms with van der Waals surface area (Å²) in [5.41, 5.74) is -2.90. The van der Waals surface area contributed by atoms with Gasteiger partial charge >= 0.3 is 0 Å². The molecule has 0 saturated heterocycles. The molecule has 0 atom stereocenters. The lowest BCUT2D eigenvalue weighted by Crippen LogP contribution is -2.10. The maximum Gasteiger partial charge on any atom is 0.136 e. The van der Waals surface area contributed by atoms with Crippen LogP contribution in [0.5, 0.6) is 0 Å². The highest BCUT2D eigenvalue weighted by molar-refractivity contribution is 6.19. The molecule has 0 bridgehead atoms. The predicted octanol–water partition coefficient (Wildman–Crippen LogP) is 14.4. The summed E-state index contributed by atoms with van der Waals surface area (Å²) >= 11 is 0. The molecule has 0 saturated carbocycles. The van der Waals surface area contributed by atoms with Crippen LogP contribution in [0.2, 0.25) is 0 Å². The maximum atomic E-state index is 9.63. The number of anilines is 3. The Labute approximate surface area is 337 Å². The average molecular weight is 689 g/mol. The van der Waals surface area contributed by atoms with Crippen molar-refractivity contribution in [2.24, 2.45) is 0 Å². The monoisotopic (exact) mass is 688 g/mol. The summed E-state index contributed by atoms with van der Waals surface area (Å²) in [6.07, 6.45) is 0. The van der Waals surface area contributed by atoms with E-state index in [0.717, 1.165) is 0 Å². The second-order valence-electron chi connectivity index (χ2n) is 11.4. The SMILES string of the molecule is [2H]c1c([2H])c([2H])c(-c2cccc(N(c3ccc(-c4c([2H])c([2H])c5c([2H])c([2H])c([2H])c([2H])c5c4[2H])cc3)c3c([2H])c([2H])c(-c4c([2H])c([2H])c5c([2H])c([2H])c6oc7c([2H])c([2H])c([2H])c([2H])c7c6c5c4[2H])c([2H])c3[2H])c2)c([2H])c1[2H]. The Hall–Kier alpha value is -6.90. The number of rotatable bonds is 6. The summed E-state index contributed by atoms with van der Waals surface area (Å²) in [4.78, 5) is 1.22. The number of benzene rings is 9. The smallest absolute Gasteiger partial charge is 0.136 e. The fourth-order valence-electron chi connectivity index (χ4n) is 5.93. The van der Waals surface area contributed by atoms with Gasteiger partial charge in [0.2, 0.25) is 0 Å². The van der Waals surface area contributed by atoms with E-state index in [2.05, 4.69) is 0 Å². The Balaban J connectivity index is 1.25. The zero-order chi connectivity index (χ0) is 56.2. The van der Waals surface area contributed by atoms with Crippen LogP contribution in [0.3, 0.4) is 0 Å². The Morgan fingerprint density at radius 2 is 1.06 bits per heavy atom. The third-order valence-electron chi connectivity index (χ3n) is 8.34. The van der Waals surface area contributed by atoms with Crippen LogP contribution in [0, 0.1) is 0 Å². The minimum absolute atomic E-state index is 0.0163. The van der Waals surface area contributed by atoms with Crippen LogP contribution >= 0.6 is 0 Å². The molecule has 0 aliphatic carbocycles. The molecule has 0 spiro atoms. The van der Waals surface area contributed by atoms with Crippen LogP contribution in [0.4, 0.5) is 17.1 Å². The third-order valence-corrected chi connectivity index (χ3v) is 8.34. The molecule has 0 amide bonds. The lowest BCUT2D eigenvalue weighted by molar-refractivity contribution is 0.669. The van der Waals surface area contributed by atoms with Gasteiger partial charge in [-0.2, -0.15) is 0 Å². The quantitative estimate of drug-likeness (QED) is 0.173. The van der Waals surface area contributed by atoms with E-state index in [1.54, 1.807) is 0 Å². The van der Waals surface area contributed by atoms with Crippen molar-refractivity contribution in [3.05, 3.63) is 200 Å². The van der Waals surface area contributed by atoms with Crippen LogP contribution < -0.4 is 4.90 Å². The molecule has 10 rings (SSSR count). The second kappa shape index (κ2) is 12.5. The first-order valence-electron chi connectivity index (χ1n) is 28.2. The van der Waals surface area contributed by atoms with Gasteiger partial charge in [0.25, 0.3) is 0 Å². The molecule has 0 radical (unpaired) electrons. The average Bonchev–Trinajstić information content (AvgIpc) is 3.94. The standard InChI is InChI=1S/C50H33NO/c1-2-9-34(10-3-1)40-13-8-14-45(32-40)51(43-26-21-36(22-27-43)41-19-17-35-11-4-5-12-39(35)31-41)44-28-23-37(24-29-44)42-20-18-38-25-30-49-50(47(38)33-42)46-15-6-7-16-48(46)52-49/h1-33H/i1D,2D,3D,4D,5D,6D,7D,9D,10D,11D,12D,15D,16D,17D,18D,19D,20D,23D,24D,25D,28D,29D,30D,31D,33D. The number of fused-ring (bicyclic) bond motifs is 6. The first-order valence-corrected chi connectivity index (χ1v) is 15.7. The molecule has 0 aliphatic heterocycles. The van der Waals surface area contributed by atoms with Gasteiger partial charge in [0.15, 0.2) is 0 Å². The molecule has 0 fully saturated rings. The van der Waals surface area contributed by atoms with Crippen molar-refractivity contribution in [2.45, 2.75) is 0 Å². The van der Waals surface area contributed by atoms with Crippen LogP contribution in [0.1, 0.15) is 34.3 Å². The van der Waals surface area contributed by atoms with Gasteiger partial charge in [-0.25, -0.2) is 0 Å². The molecular formula is C50H33NO. The lowest BCUT2D eigenvalue weighted by atomic mass is 9.97. The first-order chi connectivity index (χ1) is 36.2. The molecule has 244 valence electrons. The highest BCUT2D eigenvalue weighted by Crippen LogP contribution is 2.40.